The molecule has 0 unspecified atom stereocenters. The minimum Gasteiger partial charge on any atom is -0.481 e. The Bertz CT molecular complexity index is 462. The lowest BCUT2D eigenvalue weighted by Crippen LogP contribution is -2.40. The number of nitrogens with one attached hydrogen (secondary N) is 1. The summed E-state index contributed by atoms with van der Waals surface area (Å²) in [4.78, 5) is 12.0. The van der Waals surface area contributed by atoms with Crippen LogP contribution < -0.4 is 5.32 Å². The van der Waals surface area contributed by atoms with Crippen molar-refractivity contribution in [3.05, 3.63) is 16.1 Å². The van der Waals surface area contributed by atoms with E-state index in [1.807, 2.05) is 13.8 Å². The molecule has 1 aromatic heterocycles. The second-order valence-corrected chi connectivity index (χ2v) is 6.65. The molecule has 112 valence electrons. The molecule has 1 aromatic rings. The summed E-state index contributed by atoms with van der Waals surface area (Å²) in [6.07, 6.45) is 1.53. The van der Waals surface area contributed by atoms with E-state index in [1.165, 1.54) is 11.5 Å². The first-order valence-electron chi connectivity index (χ1n) is 6.95. The van der Waals surface area contributed by atoms with Crippen molar-refractivity contribution in [3.8, 4) is 0 Å². The number of aromatic nitrogens is 1. The first kappa shape index (κ1) is 15.4. The minimum atomic E-state index is -1.27. The van der Waals surface area contributed by atoms with Crippen molar-refractivity contribution in [2.45, 2.75) is 51.7 Å². The fourth-order valence-electron chi connectivity index (χ4n) is 2.72. The third-order valence-corrected chi connectivity index (χ3v) is 5.04. The summed E-state index contributed by atoms with van der Waals surface area (Å²) in [6.45, 7) is 4.89. The van der Waals surface area contributed by atoms with Gasteiger partial charge in [-0.3, -0.25) is 4.79 Å². The number of aryl methyl sites for hydroxylation is 2. The average Bonchev–Trinajstić information content (AvgIpc) is 2.71. The van der Waals surface area contributed by atoms with Crippen molar-refractivity contribution in [3.63, 3.8) is 0 Å². The fourth-order valence-corrected chi connectivity index (χ4v) is 3.44. The first-order chi connectivity index (χ1) is 9.41. The van der Waals surface area contributed by atoms with Crippen LogP contribution in [-0.2, 0) is 11.3 Å². The Morgan fingerprint density at radius 2 is 2.15 bits per heavy atom. The second-order valence-electron chi connectivity index (χ2n) is 5.67. The number of alkyl halides is 1. The molecule has 1 heterocycles. The average molecular weight is 300 g/mol. The van der Waals surface area contributed by atoms with E-state index in [9.17, 15) is 9.18 Å². The largest absolute Gasteiger partial charge is 0.481 e. The van der Waals surface area contributed by atoms with Crippen LogP contribution in [0.15, 0.2) is 0 Å². The molecule has 0 aromatic carbocycles. The van der Waals surface area contributed by atoms with Gasteiger partial charge in [-0.25, -0.2) is 4.39 Å². The van der Waals surface area contributed by atoms with E-state index in [0.717, 1.165) is 16.1 Å². The van der Waals surface area contributed by atoms with E-state index in [4.69, 9.17) is 5.11 Å². The molecule has 4 nitrogen and oxygen atoms in total. The fraction of sp³-hybridized carbons (Fsp3) is 0.714. The Balaban J connectivity index is 1.81. The van der Waals surface area contributed by atoms with Crippen molar-refractivity contribution in [2.75, 3.05) is 6.54 Å². The molecule has 1 fully saturated rings. The SMILES string of the molecule is Cc1nsc(C)c1CNCC1(F)CCC(C(=O)O)CC1. The molecule has 6 heteroatoms. The zero-order valence-corrected chi connectivity index (χ0v) is 12.7. The molecule has 0 saturated heterocycles. The lowest BCUT2D eigenvalue weighted by molar-refractivity contribution is -0.143. The van der Waals surface area contributed by atoms with Crippen molar-refractivity contribution >= 4 is 17.5 Å². The maximum Gasteiger partial charge on any atom is 0.306 e. The molecule has 1 aliphatic carbocycles. The van der Waals surface area contributed by atoms with E-state index < -0.39 is 11.6 Å². The van der Waals surface area contributed by atoms with Gasteiger partial charge in [0.25, 0.3) is 0 Å². The van der Waals surface area contributed by atoms with Gasteiger partial charge >= 0.3 is 5.97 Å². The van der Waals surface area contributed by atoms with Gasteiger partial charge in [-0.2, -0.15) is 4.37 Å². The molecule has 2 N–H and O–H groups in total. The second kappa shape index (κ2) is 6.18. The molecular formula is C14H21FN2O2S. The summed E-state index contributed by atoms with van der Waals surface area (Å²) in [5.74, 6) is -1.17. The monoisotopic (exact) mass is 300 g/mol. The van der Waals surface area contributed by atoms with Gasteiger partial charge in [-0.1, -0.05) is 0 Å². The van der Waals surface area contributed by atoms with Crippen LogP contribution in [0.2, 0.25) is 0 Å². The smallest absolute Gasteiger partial charge is 0.306 e. The minimum absolute atomic E-state index is 0.286. The summed E-state index contributed by atoms with van der Waals surface area (Å²) in [5.41, 5.74) is 0.886. The lowest BCUT2D eigenvalue weighted by Gasteiger charge is -2.32. The van der Waals surface area contributed by atoms with Gasteiger partial charge in [0.1, 0.15) is 5.67 Å². The van der Waals surface area contributed by atoms with Gasteiger partial charge in [-0.15, -0.1) is 0 Å². The number of aliphatic carboxylic acids is 1. The highest BCUT2D eigenvalue weighted by molar-refractivity contribution is 7.05. The number of hydrogen-bond donors (Lipinski definition) is 2. The van der Waals surface area contributed by atoms with Crippen LogP contribution in [0.3, 0.4) is 0 Å². The molecule has 1 saturated carbocycles. The van der Waals surface area contributed by atoms with Crippen LogP contribution in [0.25, 0.3) is 0 Å². The third kappa shape index (κ3) is 3.55. The van der Waals surface area contributed by atoms with Crippen molar-refractivity contribution in [2.24, 2.45) is 5.92 Å². The molecule has 0 aliphatic heterocycles. The number of rotatable bonds is 5. The molecular weight excluding hydrogens is 279 g/mol. The van der Waals surface area contributed by atoms with Crippen LogP contribution >= 0.6 is 11.5 Å². The number of carbonyl (C=O) groups is 1. The Labute approximate surface area is 122 Å². The van der Waals surface area contributed by atoms with E-state index in [2.05, 4.69) is 9.69 Å². The van der Waals surface area contributed by atoms with Crippen LogP contribution in [0.1, 0.15) is 41.8 Å². The third-order valence-electron chi connectivity index (χ3n) is 4.16. The lowest BCUT2D eigenvalue weighted by atomic mass is 9.80. The molecule has 2 rings (SSSR count). The summed E-state index contributed by atoms with van der Waals surface area (Å²) in [5, 5.41) is 12.1. The summed E-state index contributed by atoms with van der Waals surface area (Å²) < 4.78 is 18.8. The molecule has 0 atom stereocenters. The maximum atomic E-state index is 14.6. The van der Waals surface area contributed by atoms with E-state index >= 15 is 0 Å². The van der Waals surface area contributed by atoms with Gasteiger partial charge in [0.05, 0.1) is 11.6 Å². The Hall–Kier alpha value is -1.01. The molecule has 1 aliphatic rings. The molecule has 0 bridgehead atoms. The first-order valence-corrected chi connectivity index (χ1v) is 7.73. The normalized spacial score (nSPS) is 26.6. The maximum absolute atomic E-state index is 14.6. The van der Waals surface area contributed by atoms with Gasteiger partial charge in [-0.05, 0) is 51.1 Å². The summed E-state index contributed by atoms with van der Waals surface area (Å²) in [7, 11) is 0. The zero-order chi connectivity index (χ0) is 14.8. The van der Waals surface area contributed by atoms with Crippen LogP contribution in [0.5, 0.6) is 0 Å². The van der Waals surface area contributed by atoms with Crippen LogP contribution in [0.4, 0.5) is 4.39 Å². The molecule has 20 heavy (non-hydrogen) atoms. The van der Waals surface area contributed by atoms with Gasteiger partial charge < -0.3 is 10.4 Å². The van der Waals surface area contributed by atoms with E-state index in [0.29, 0.717) is 32.2 Å². The van der Waals surface area contributed by atoms with Crippen molar-refractivity contribution < 1.29 is 14.3 Å². The van der Waals surface area contributed by atoms with Crippen molar-refractivity contribution in [1.29, 1.82) is 0 Å². The predicted octanol–water partition coefficient (Wildman–Crippen LogP) is 2.83. The Morgan fingerprint density at radius 3 is 2.65 bits per heavy atom. The van der Waals surface area contributed by atoms with Gasteiger partial charge in [0.15, 0.2) is 0 Å². The quantitative estimate of drug-likeness (QED) is 0.878. The molecule has 0 spiro atoms. The highest BCUT2D eigenvalue weighted by Crippen LogP contribution is 2.35. The number of hydrogen-bond acceptors (Lipinski definition) is 4. The number of nitrogens with zero attached hydrogens (tertiary/aromatic N) is 1. The number of halogens is 1. The highest BCUT2D eigenvalue weighted by Gasteiger charge is 2.37. The van der Waals surface area contributed by atoms with Crippen molar-refractivity contribution in [1.82, 2.24) is 9.69 Å². The predicted molar refractivity (Wildman–Crippen MR) is 76.7 cm³/mol. The summed E-state index contributed by atoms with van der Waals surface area (Å²) >= 11 is 1.47. The zero-order valence-electron chi connectivity index (χ0n) is 11.9. The number of carboxylic acid groups (broad SMARTS) is 1. The van der Waals surface area contributed by atoms with Crippen LogP contribution in [0, 0.1) is 19.8 Å². The van der Waals surface area contributed by atoms with E-state index in [1.54, 1.807) is 0 Å². The summed E-state index contributed by atoms with van der Waals surface area (Å²) in [6, 6.07) is 0. The van der Waals surface area contributed by atoms with Gasteiger partial charge in [0, 0.05) is 23.5 Å². The topological polar surface area (TPSA) is 62.2 Å². The molecule has 0 radical (unpaired) electrons. The van der Waals surface area contributed by atoms with Gasteiger partial charge in [0.2, 0.25) is 0 Å². The Kier molecular flexibility index (Phi) is 4.75. The van der Waals surface area contributed by atoms with Crippen LogP contribution in [-0.4, -0.2) is 27.7 Å². The highest BCUT2D eigenvalue weighted by atomic mass is 32.1. The van der Waals surface area contributed by atoms with E-state index in [-0.39, 0.29) is 12.5 Å². The Morgan fingerprint density at radius 1 is 1.50 bits per heavy atom. The molecule has 0 amide bonds. The standard InChI is InChI=1S/C14H21FN2O2S/c1-9-12(10(2)20-17-9)7-16-8-14(15)5-3-11(4-6-14)13(18)19/h11,16H,3-8H2,1-2H3,(H,18,19). The number of carboxylic acids is 1.